The van der Waals surface area contributed by atoms with Crippen molar-refractivity contribution < 1.29 is 4.79 Å². The molecule has 0 fully saturated rings. The van der Waals surface area contributed by atoms with Crippen molar-refractivity contribution in [2.45, 2.75) is 20.4 Å². The minimum Gasteiger partial charge on any atom is -0.333 e. The fourth-order valence-electron chi connectivity index (χ4n) is 1.63. The highest BCUT2D eigenvalue weighted by molar-refractivity contribution is 7.10. The van der Waals surface area contributed by atoms with E-state index in [0.717, 1.165) is 10.4 Å². The Labute approximate surface area is 121 Å². The third kappa shape index (κ3) is 3.72. The van der Waals surface area contributed by atoms with Crippen molar-refractivity contribution in [1.29, 1.82) is 0 Å². The number of hydrogen-bond donors (Lipinski definition) is 2. The second-order valence-corrected chi connectivity index (χ2v) is 5.73. The third-order valence-electron chi connectivity index (χ3n) is 2.75. The number of anilines is 1. The zero-order valence-corrected chi connectivity index (χ0v) is 12.4. The Morgan fingerprint density at radius 3 is 2.74 bits per heavy atom. The summed E-state index contributed by atoms with van der Waals surface area (Å²) in [4.78, 5) is 12.9. The van der Waals surface area contributed by atoms with E-state index in [2.05, 4.69) is 10.6 Å². The lowest BCUT2D eigenvalue weighted by molar-refractivity contribution is 0.252. The number of carbonyl (C=O) groups is 1. The molecule has 0 saturated carbocycles. The molecule has 0 aliphatic carbocycles. The second kappa shape index (κ2) is 6.08. The highest BCUT2D eigenvalue weighted by Crippen LogP contribution is 2.22. The van der Waals surface area contributed by atoms with Crippen LogP contribution < -0.4 is 10.6 Å². The first kappa shape index (κ1) is 13.9. The van der Waals surface area contributed by atoms with Crippen LogP contribution in [0.2, 0.25) is 5.02 Å². The van der Waals surface area contributed by atoms with Gasteiger partial charge in [-0.05, 0) is 48.6 Å². The molecular weight excluding hydrogens is 280 g/mol. The Balaban J connectivity index is 1.93. The number of rotatable bonds is 3. The summed E-state index contributed by atoms with van der Waals surface area (Å²) >= 11 is 7.69. The zero-order chi connectivity index (χ0) is 13.8. The summed E-state index contributed by atoms with van der Waals surface area (Å²) in [5, 5.41) is 8.12. The maximum absolute atomic E-state index is 11.8. The molecule has 0 aliphatic heterocycles. The molecule has 1 aromatic heterocycles. The Hall–Kier alpha value is -1.52. The maximum Gasteiger partial charge on any atom is 0.319 e. The molecule has 2 rings (SSSR count). The number of hydrogen-bond acceptors (Lipinski definition) is 2. The van der Waals surface area contributed by atoms with Crippen LogP contribution in [0.5, 0.6) is 0 Å². The average Bonchev–Trinajstić information content (AvgIpc) is 2.76. The number of benzene rings is 1. The molecule has 0 spiro atoms. The van der Waals surface area contributed by atoms with Crippen LogP contribution in [0.3, 0.4) is 0 Å². The minimum absolute atomic E-state index is 0.251. The zero-order valence-electron chi connectivity index (χ0n) is 10.8. The molecule has 0 unspecified atom stereocenters. The maximum atomic E-state index is 11.8. The number of halogens is 1. The van der Waals surface area contributed by atoms with Gasteiger partial charge in [-0.1, -0.05) is 17.7 Å². The third-order valence-corrected chi connectivity index (χ3v) is 4.09. The smallest absolute Gasteiger partial charge is 0.319 e. The molecule has 0 radical (unpaired) electrons. The normalized spacial score (nSPS) is 10.3. The van der Waals surface area contributed by atoms with Gasteiger partial charge in [0, 0.05) is 4.88 Å². The van der Waals surface area contributed by atoms with E-state index in [-0.39, 0.29) is 6.03 Å². The minimum atomic E-state index is -0.251. The highest BCUT2D eigenvalue weighted by atomic mass is 35.5. The van der Waals surface area contributed by atoms with Crippen molar-refractivity contribution in [3.63, 3.8) is 0 Å². The fraction of sp³-hybridized carbons (Fsp3) is 0.214. The van der Waals surface area contributed by atoms with Crippen LogP contribution in [0, 0.1) is 13.8 Å². The lowest BCUT2D eigenvalue weighted by Gasteiger charge is -2.09. The highest BCUT2D eigenvalue weighted by Gasteiger charge is 2.06. The summed E-state index contributed by atoms with van der Waals surface area (Å²) in [7, 11) is 0. The Kier molecular flexibility index (Phi) is 4.45. The molecule has 0 aliphatic rings. The number of urea groups is 1. The number of nitrogens with one attached hydrogen (secondary N) is 2. The predicted molar refractivity (Wildman–Crippen MR) is 81.1 cm³/mol. The molecule has 0 atom stereocenters. The Bertz CT molecular complexity index is 595. The van der Waals surface area contributed by atoms with Crippen LogP contribution in [0.25, 0.3) is 0 Å². The van der Waals surface area contributed by atoms with Gasteiger partial charge in [-0.25, -0.2) is 4.79 Å². The number of amides is 2. The molecule has 2 N–H and O–H groups in total. The molecule has 1 heterocycles. The molecule has 19 heavy (non-hydrogen) atoms. The topological polar surface area (TPSA) is 41.1 Å². The molecule has 1 aromatic carbocycles. The van der Waals surface area contributed by atoms with E-state index in [9.17, 15) is 4.79 Å². The summed E-state index contributed by atoms with van der Waals surface area (Å²) in [5.74, 6) is 0. The first-order valence-electron chi connectivity index (χ1n) is 5.90. The number of aryl methyl sites for hydroxylation is 2. The van der Waals surface area contributed by atoms with E-state index in [0.29, 0.717) is 17.3 Å². The largest absolute Gasteiger partial charge is 0.333 e. The predicted octanol–water partition coefficient (Wildman–Crippen LogP) is 4.34. The molecule has 0 bridgehead atoms. The van der Waals surface area contributed by atoms with Gasteiger partial charge < -0.3 is 10.6 Å². The van der Waals surface area contributed by atoms with E-state index < -0.39 is 0 Å². The van der Waals surface area contributed by atoms with Crippen molar-refractivity contribution in [2.75, 3.05) is 5.32 Å². The van der Waals surface area contributed by atoms with Crippen molar-refractivity contribution in [3.05, 3.63) is 50.7 Å². The van der Waals surface area contributed by atoms with Crippen molar-refractivity contribution >= 4 is 34.7 Å². The first-order valence-corrected chi connectivity index (χ1v) is 7.16. The summed E-state index contributed by atoms with van der Waals surface area (Å²) in [6, 6.07) is 7.31. The monoisotopic (exact) mass is 294 g/mol. The number of carbonyl (C=O) groups excluding carboxylic acids is 1. The summed E-state index contributed by atoms with van der Waals surface area (Å²) in [6.07, 6.45) is 0. The van der Waals surface area contributed by atoms with Gasteiger partial charge in [-0.2, -0.15) is 0 Å². The van der Waals surface area contributed by atoms with Crippen LogP contribution in [0.1, 0.15) is 16.0 Å². The van der Waals surface area contributed by atoms with E-state index >= 15 is 0 Å². The van der Waals surface area contributed by atoms with E-state index in [1.54, 1.807) is 17.4 Å². The van der Waals surface area contributed by atoms with Crippen LogP contribution in [-0.2, 0) is 6.54 Å². The van der Waals surface area contributed by atoms with Gasteiger partial charge in [0.2, 0.25) is 0 Å². The number of thiophene rings is 1. The van der Waals surface area contributed by atoms with Gasteiger partial charge in [0.1, 0.15) is 0 Å². The van der Waals surface area contributed by atoms with Crippen LogP contribution >= 0.6 is 22.9 Å². The fourth-order valence-corrected chi connectivity index (χ4v) is 2.76. The van der Waals surface area contributed by atoms with Crippen molar-refractivity contribution in [3.8, 4) is 0 Å². The van der Waals surface area contributed by atoms with Gasteiger partial charge in [-0.3, -0.25) is 0 Å². The van der Waals surface area contributed by atoms with E-state index in [4.69, 9.17) is 11.6 Å². The summed E-state index contributed by atoms with van der Waals surface area (Å²) < 4.78 is 0. The Morgan fingerprint density at radius 2 is 2.11 bits per heavy atom. The molecular formula is C14H15ClN2OS. The van der Waals surface area contributed by atoms with Gasteiger partial charge in [-0.15, -0.1) is 11.3 Å². The molecule has 2 aromatic rings. The molecule has 5 heteroatoms. The summed E-state index contributed by atoms with van der Waals surface area (Å²) in [5.41, 5.74) is 2.87. The second-order valence-electron chi connectivity index (χ2n) is 4.32. The summed E-state index contributed by atoms with van der Waals surface area (Å²) in [6.45, 7) is 4.51. The molecule has 2 amide bonds. The average molecular weight is 295 g/mol. The first-order chi connectivity index (χ1) is 9.06. The van der Waals surface area contributed by atoms with Crippen molar-refractivity contribution in [1.82, 2.24) is 5.32 Å². The van der Waals surface area contributed by atoms with E-state index in [1.165, 1.54) is 5.56 Å². The van der Waals surface area contributed by atoms with Gasteiger partial charge in [0.25, 0.3) is 0 Å². The Morgan fingerprint density at radius 1 is 1.32 bits per heavy atom. The van der Waals surface area contributed by atoms with Crippen molar-refractivity contribution in [2.24, 2.45) is 0 Å². The molecule has 100 valence electrons. The molecule has 0 saturated heterocycles. The van der Waals surface area contributed by atoms with Gasteiger partial charge in [0.15, 0.2) is 0 Å². The van der Waals surface area contributed by atoms with Gasteiger partial charge >= 0.3 is 6.03 Å². The quantitative estimate of drug-likeness (QED) is 0.868. The van der Waals surface area contributed by atoms with Crippen LogP contribution in [0.4, 0.5) is 10.5 Å². The van der Waals surface area contributed by atoms with Crippen LogP contribution in [-0.4, -0.2) is 6.03 Å². The lowest BCUT2D eigenvalue weighted by Crippen LogP contribution is -2.28. The van der Waals surface area contributed by atoms with Crippen LogP contribution in [0.15, 0.2) is 29.6 Å². The standard InChI is InChI=1S/C14H15ClN2OS/c1-9-3-4-12(11(15)7-9)17-14(18)16-8-13-10(2)5-6-19-13/h3-7H,8H2,1-2H3,(H2,16,17,18). The SMILES string of the molecule is Cc1ccc(NC(=O)NCc2sccc2C)c(Cl)c1. The van der Waals surface area contributed by atoms with E-state index in [1.807, 2.05) is 37.4 Å². The van der Waals surface area contributed by atoms with Gasteiger partial charge in [0.05, 0.1) is 17.3 Å². The molecule has 3 nitrogen and oxygen atoms in total. The lowest BCUT2D eigenvalue weighted by atomic mass is 10.2.